The first-order valence-corrected chi connectivity index (χ1v) is 11.5. The highest BCUT2D eigenvalue weighted by Crippen LogP contribution is 2.24. The Kier molecular flexibility index (Phi) is 7.12. The Hall–Kier alpha value is -2.54. The molecule has 4 rings (SSSR count). The van der Waals surface area contributed by atoms with Gasteiger partial charge in [-0.2, -0.15) is 0 Å². The summed E-state index contributed by atoms with van der Waals surface area (Å²) in [6, 6.07) is 10.7. The number of hydrogen-bond acceptors (Lipinski definition) is 5. The number of piperidine rings is 2. The Bertz CT molecular complexity index is 857. The molecule has 31 heavy (non-hydrogen) atoms. The predicted octanol–water partition coefficient (Wildman–Crippen LogP) is 3.49. The molecule has 6 nitrogen and oxygen atoms in total. The number of hydrogen-bond donors (Lipinski definition) is 1. The molecule has 3 heterocycles. The molecule has 2 aromatic rings. The van der Waals surface area contributed by atoms with Crippen LogP contribution in [-0.4, -0.2) is 59.8 Å². The first-order chi connectivity index (χ1) is 15.1. The Morgan fingerprint density at radius 3 is 2.65 bits per heavy atom. The van der Waals surface area contributed by atoms with Crippen LogP contribution in [0.2, 0.25) is 0 Å². The van der Waals surface area contributed by atoms with E-state index in [0.717, 1.165) is 43.9 Å². The van der Waals surface area contributed by atoms with Crippen molar-refractivity contribution in [3.63, 3.8) is 0 Å². The van der Waals surface area contributed by atoms with Crippen molar-refractivity contribution in [1.29, 1.82) is 0 Å². The molecule has 2 saturated heterocycles. The summed E-state index contributed by atoms with van der Waals surface area (Å²) in [5, 5.41) is 11.8. The molecule has 0 bridgehead atoms. The average molecular weight is 426 g/mol. The number of likely N-dealkylation sites (tertiary alicyclic amines) is 1. The van der Waals surface area contributed by atoms with Gasteiger partial charge in [-0.25, -0.2) is 4.39 Å². The quantitative estimate of drug-likeness (QED) is 0.768. The maximum atomic E-state index is 13.1. The van der Waals surface area contributed by atoms with Crippen molar-refractivity contribution in [3.05, 3.63) is 42.2 Å². The molecule has 0 radical (unpaired) electrons. The Morgan fingerprint density at radius 1 is 1.06 bits per heavy atom. The van der Waals surface area contributed by atoms with Crippen molar-refractivity contribution in [2.45, 2.75) is 45.1 Å². The molecule has 1 aromatic heterocycles. The van der Waals surface area contributed by atoms with Gasteiger partial charge in [-0.05, 0) is 75.5 Å². The van der Waals surface area contributed by atoms with Crippen LogP contribution in [0, 0.1) is 11.7 Å². The molecule has 0 spiro atoms. The van der Waals surface area contributed by atoms with E-state index in [1.54, 1.807) is 12.1 Å². The summed E-state index contributed by atoms with van der Waals surface area (Å²) in [5.41, 5.74) is 1.54. The normalized spacial score (nSPS) is 22.3. The van der Waals surface area contributed by atoms with Gasteiger partial charge in [-0.3, -0.25) is 9.69 Å². The first-order valence-electron chi connectivity index (χ1n) is 11.5. The summed E-state index contributed by atoms with van der Waals surface area (Å²) in [6.45, 7) is 6.60. The Labute approximate surface area is 183 Å². The van der Waals surface area contributed by atoms with Gasteiger partial charge in [0.25, 0.3) is 0 Å². The fraction of sp³-hybridized carbons (Fsp3) is 0.542. The van der Waals surface area contributed by atoms with Crippen molar-refractivity contribution < 1.29 is 9.18 Å². The summed E-state index contributed by atoms with van der Waals surface area (Å²) in [4.78, 5) is 17.4. The van der Waals surface area contributed by atoms with Crippen LogP contribution in [0.5, 0.6) is 0 Å². The molecule has 2 aliphatic rings. The van der Waals surface area contributed by atoms with Crippen molar-refractivity contribution >= 4 is 11.7 Å². The highest BCUT2D eigenvalue weighted by Gasteiger charge is 2.27. The SMILES string of the molecule is C[C@H]1CCCCN1CCNC(=O)[C@H]1CCCN(c2ccc(-c3ccc(F)cc3)nn2)C1. The zero-order chi connectivity index (χ0) is 21.6. The van der Waals surface area contributed by atoms with Gasteiger partial charge in [-0.15, -0.1) is 10.2 Å². The second kappa shape index (κ2) is 10.2. The van der Waals surface area contributed by atoms with E-state index in [2.05, 4.69) is 32.2 Å². The fourth-order valence-corrected chi connectivity index (χ4v) is 4.62. The molecule has 1 amide bonds. The molecule has 166 valence electrons. The summed E-state index contributed by atoms with van der Waals surface area (Å²) < 4.78 is 13.1. The van der Waals surface area contributed by atoms with E-state index in [4.69, 9.17) is 0 Å². The van der Waals surface area contributed by atoms with Gasteiger partial charge in [-0.1, -0.05) is 6.42 Å². The van der Waals surface area contributed by atoms with E-state index >= 15 is 0 Å². The number of carbonyl (C=O) groups excluding carboxylic acids is 1. The second-order valence-corrected chi connectivity index (χ2v) is 8.74. The van der Waals surface area contributed by atoms with Gasteiger partial charge < -0.3 is 10.2 Å². The molecule has 7 heteroatoms. The molecule has 0 unspecified atom stereocenters. The van der Waals surface area contributed by atoms with Crippen LogP contribution in [0.1, 0.15) is 39.0 Å². The lowest BCUT2D eigenvalue weighted by molar-refractivity contribution is -0.125. The molecule has 1 aromatic carbocycles. The molecular formula is C24H32FN5O. The monoisotopic (exact) mass is 425 g/mol. The minimum absolute atomic E-state index is 0.0221. The number of anilines is 1. The smallest absolute Gasteiger partial charge is 0.224 e. The van der Waals surface area contributed by atoms with E-state index in [-0.39, 0.29) is 17.6 Å². The maximum Gasteiger partial charge on any atom is 0.224 e. The minimum Gasteiger partial charge on any atom is -0.355 e. The van der Waals surface area contributed by atoms with E-state index in [1.807, 2.05) is 12.1 Å². The van der Waals surface area contributed by atoms with Gasteiger partial charge in [0, 0.05) is 37.8 Å². The number of benzene rings is 1. The topological polar surface area (TPSA) is 61.4 Å². The van der Waals surface area contributed by atoms with Crippen molar-refractivity contribution in [1.82, 2.24) is 20.4 Å². The third kappa shape index (κ3) is 5.58. The lowest BCUT2D eigenvalue weighted by atomic mass is 9.97. The van der Waals surface area contributed by atoms with Crippen molar-refractivity contribution in [3.8, 4) is 11.3 Å². The zero-order valence-electron chi connectivity index (χ0n) is 18.3. The maximum absolute atomic E-state index is 13.1. The van der Waals surface area contributed by atoms with Crippen LogP contribution >= 0.6 is 0 Å². The lowest BCUT2D eigenvalue weighted by Gasteiger charge is -2.34. The molecule has 2 fully saturated rings. The standard InChI is InChI=1S/C24H32FN5O/c1-18-5-2-3-14-29(18)16-13-26-24(31)20-6-4-15-30(17-20)23-12-11-22(27-28-23)19-7-9-21(25)10-8-19/h7-12,18,20H,2-6,13-17H2,1H3,(H,26,31)/t18-,20-/m0/s1. The summed E-state index contributed by atoms with van der Waals surface area (Å²) >= 11 is 0. The Morgan fingerprint density at radius 2 is 1.90 bits per heavy atom. The number of halogens is 1. The molecule has 1 N–H and O–H groups in total. The van der Waals surface area contributed by atoms with E-state index < -0.39 is 0 Å². The van der Waals surface area contributed by atoms with E-state index in [9.17, 15) is 9.18 Å². The van der Waals surface area contributed by atoms with Crippen molar-refractivity contribution in [2.24, 2.45) is 5.92 Å². The molecule has 0 aliphatic carbocycles. The highest BCUT2D eigenvalue weighted by atomic mass is 19.1. The van der Waals surface area contributed by atoms with Crippen LogP contribution in [0.4, 0.5) is 10.2 Å². The predicted molar refractivity (Wildman–Crippen MR) is 120 cm³/mol. The summed E-state index contributed by atoms with van der Waals surface area (Å²) in [5.74, 6) is 0.637. The van der Waals surface area contributed by atoms with Crippen molar-refractivity contribution in [2.75, 3.05) is 37.6 Å². The highest BCUT2D eigenvalue weighted by molar-refractivity contribution is 5.79. The number of nitrogens with one attached hydrogen (secondary N) is 1. The van der Waals surface area contributed by atoms with E-state index in [0.29, 0.717) is 24.8 Å². The van der Waals surface area contributed by atoms with Gasteiger partial charge in [0.1, 0.15) is 5.82 Å². The van der Waals surface area contributed by atoms with Gasteiger partial charge in [0.2, 0.25) is 5.91 Å². The van der Waals surface area contributed by atoms with Crippen LogP contribution < -0.4 is 10.2 Å². The second-order valence-electron chi connectivity index (χ2n) is 8.74. The summed E-state index contributed by atoms with van der Waals surface area (Å²) in [7, 11) is 0. The van der Waals surface area contributed by atoms with Crippen LogP contribution in [0.25, 0.3) is 11.3 Å². The minimum atomic E-state index is -0.267. The summed E-state index contributed by atoms with van der Waals surface area (Å²) in [6.07, 6.45) is 5.70. The van der Waals surface area contributed by atoms with E-state index in [1.165, 1.54) is 31.4 Å². The van der Waals surface area contributed by atoms with Crippen LogP contribution in [-0.2, 0) is 4.79 Å². The van der Waals surface area contributed by atoms with Gasteiger partial charge in [0.05, 0.1) is 11.6 Å². The first kappa shape index (κ1) is 21.7. The van der Waals surface area contributed by atoms with Crippen LogP contribution in [0.3, 0.4) is 0 Å². The number of amides is 1. The average Bonchev–Trinajstić information content (AvgIpc) is 2.81. The molecule has 0 saturated carbocycles. The Balaban J connectivity index is 1.29. The number of rotatable bonds is 6. The third-order valence-electron chi connectivity index (χ3n) is 6.55. The molecular weight excluding hydrogens is 393 g/mol. The molecule has 2 aliphatic heterocycles. The number of carbonyl (C=O) groups is 1. The van der Waals surface area contributed by atoms with Gasteiger partial charge in [0.15, 0.2) is 5.82 Å². The van der Waals surface area contributed by atoms with Gasteiger partial charge >= 0.3 is 0 Å². The fourth-order valence-electron chi connectivity index (χ4n) is 4.62. The zero-order valence-corrected chi connectivity index (χ0v) is 18.3. The largest absolute Gasteiger partial charge is 0.355 e. The lowest BCUT2D eigenvalue weighted by Crippen LogP contribution is -2.46. The molecule has 2 atom stereocenters. The van der Waals surface area contributed by atoms with Crippen LogP contribution in [0.15, 0.2) is 36.4 Å². The third-order valence-corrected chi connectivity index (χ3v) is 6.55. The number of nitrogens with zero attached hydrogens (tertiary/aromatic N) is 4. The number of aromatic nitrogens is 2.